The van der Waals surface area contributed by atoms with Crippen LogP contribution < -0.4 is 5.32 Å². The maximum Gasteiger partial charge on any atom is 0.225 e. The van der Waals surface area contributed by atoms with Gasteiger partial charge in [0.1, 0.15) is 5.82 Å². The first kappa shape index (κ1) is 12.5. The molecule has 92 valence electrons. The quantitative estimate of drug-likeness (QED) is 0.930. The van der Waals surface area contributed by atoms with Gasteiger partial charge in [-0.15, -0.1) is 0 Å². The van der Waals surface area contributed by atoms with Crippen molar-refractivity contribution < 1.29 is 13.9 Å². The molecule has 1 atom stereocenters. The summed E-state index contributed by atoms with van der Waals surface area (Å²) in [5.74, 6) is -0.469. The summed E-state index contributed by atoms with van der Waals surface area (Å²) in [5, 5.41) is 2.73. The van der Waals surface area contributed by atoms with E-state index < -0.39 is 0 Å². The van der Waals surface area contributed by atoms with Crippen LogP contribution >= 0.6 is 15.9 Å². The zero-order chi connectivity index (χ0) is 12.3. The molecule has 0 saturated carbocycles. The number of halogens is 2. The van der Waals surface area contributed by atoms with Crippen molar-refractivity contribution in [2.75, 3.05) is 13.2 Å². The second-order valence-electron chi connectivity index (χ2n) is 4.01. The molecule has 1 aliphatic rings. The number of nitrogens with one attached hydrogen (secondary N) is 1. The normalized spacial score (nSPS) is 19.3. The van der Waals surface area contributed by atoms with Crippen molar-refractivity contribution in [3.8, 4) is 0 Å². The van der Waals surface area contributed by atoms with Crippen LogP contribution in [-0.2, 0) is 16.1 Å². The van der Waals surface area contributed by atoms with Gasteiger partial charge in [-0.05, 0) is 24.6 Å². The van der Waals surface area contributed by atoms with E-state index >= 15 is 0 Å². The Morgan fingerprint density at radius 1 is 1.59 bits per heavy atom. The Bertz CT molecular complexity index is 419. The fourth-order valence-corrected chi connectivity index (χ4v) is 2.16. The van der Waals surface area contributed by atoms with Gasteiger partial charge < -0.3 is 10.1 Å². The number of carbonyl (C=O) groups is 1. The van der Waals surface area contributed by atoms with Gasteiger partial charge in [-0.1, -0.05) is 15.9 Å². The Labute approximate surface area is 107 Å². The molecule has 1 fully saturated rings. The fourth-order valence-electron chi connectivity index (χ4n) is 1.75. The van der Waals surface area contributed by atoms with Crippen molar-refractivity contribution in [1.82, 2.24) is 5.32 Å². The van der Waals surface area contributed by atoms with E-state index in [9.17, 15) is 9.18 Å². The van der Waals surface area contributed by atoms with Crippen LogP contribution in [0.5, 0.6) is 0 Å². The minimum absolute atomic E-state index is 0.0677. The topological polar surface area (TPSA) is 38.3 Å². The maximum atomic E-state index is 13.4. The Kier molecular flexibility index (Phi) is 4.12. The van der Waals surface area contributed by atoms with Gasteiger partial charge in [0.2, 0.25) is 5.91 Å². The Balaban J connectivity index is 1.92. The number of rotatable bonds is 3. The van der Waals surface area contributed by atoms with Gasteiger partial charge in [0.15, 0.2) is 0 Å². The molecule has 0 aromatic heterocycles. The number of benzene rings is 1. The number of amides is 1. The zero-order valence-corrected chi connectivity index (χ0v) is 10.8. The molecule has 2 rings (SSSR count). The van der Waals surface area contributed by atoms with E-state index in [0.717, 1.165) is 10.9 Å². The van der Waals surface area contributed by atoms with Crippen molar-refractivity contribution in [2.24, 2.45) is 5.92 Å². The minimum atomic E-state index is -0.309. The third-order valence-electron chi connectivity index (χ3n) is 2.76. The third kappa shape index (κ3) is 3.26. The molecule has 17 heavy (non-hydrogen) atoms. The molecule has 3 nitrogen and oxygen atoms in total. The number of hydrogen-bond donors (Lipinski definition) is 1. The Morgan fingerprint density at radius 2 is 2.41 bits per heavy atom. The molecule has 5 heteroatoms. The van der Waals surface area contributed by atoms with Crippen LogP contribution in [0.1, 0.15) is 12.0 Å². The monoisotopic (exact) mass is 301 g/mol. The summed E-state index contributed by atoms with van der Waals surface area (Å²) in [7, 11) is 0. The maximum absolute atomic E-state index is 13.4. The molecular formula is C12H13BrFNO2. The van der Waals surface area contributed by atoms with Crippen LogP contribution in [0.15, 0.2) is 22.7 Å². The Morgan fingerprint density at radius 3 is 3.12 bits per heavy atom. The van der Waals surface area contributed by atoms with E-state index in [2.05, 4.69) is 21.2 Å². The lowest BCUT2D eigenvalue weighted by atomic mass is 10.1. The van der Waals surface area contributed by atoms with Gasteiger partial charge in [-0.3, -0.25) is 4.79 Å². The standard InChI is InChI=1S/C12H13BrFNO2/c13-10-1-2-11(14)9(5-10)6-15-12(16)8-3-4-17-7-8/h1-2,5,8H,3-4,6-7H2,(H,15,16). The van der Waals surface area contributed by atoms with Gasteiger partial charge in [-0.2, -0.15) is 0 Å². The highest BCUT2D eigenvalue weighted by Crippen LogP contribution is 2.16. The molecule has 1 unspecified atom stereocenters. The van der Waals surface area contributed by atoms with E-state index in [1.165, 1.54) is 6.07 Å². The van der Waals surface area contributed by atoms with Gasteiger partial charge in [-0.25, -0.2) is 4.39 Å². The molecule has 1 aromatic rings. The van der Waals surface area contributed by atoms with E-state index in [-0.39, 0.29) is 24.2 Å². The molecule has 1 aliphatic heterocycles. The average Bonchev–Trinajstić information content (AvgIpc) is 2.83. The summed E-state index contributed by atoms with van der Waals surface area (Å²) in [6, 6.07) is 4.68. The van der Waals surface area contributed by atoms with Crippen LogP contribution in [0.2, 0.25) is 0 Å². The van der Waals surface area contributed by atoms with Crippen LogP contribution in [0.4, 0.5) is 4.39 Å². The number of carbonyl (C=O) groups excluding carboxylic acids is 1. The predicted octanol–water partition coefficient (Wildman–Crippen LogP) is 2.24. The second-order valence-corrected chi connectivity index (χ2v) is 4.93. The predicted molar refractivity (Wildman–Crippen MR) is 64.9 cm³/mol. The largest absolute Gasteiger partial charge is 0.381 e. The summed E-state index contributed by atoms with van der Waals surface area (Å²) < 4.78 is 19.3. The summed E-state index contributed by atoms with van der Waals surface area (Å²) in [6.45, 7) is 1.30. The van der Waals surface area contributed by atoms with Crippen LogP contribution in [0.3, 0.4) is 0 Å². The van der Waals surface area contributed by atoms with Crippen molar-refractivity contribution in [1.29, 1.82) is 0 Å². The lowest BCUT2D eigenvalue weighted by Crippen LogP contribution is -2.30. The molecule has 1 amide bonds. The molecule has 1 N–H and O–H groups in total. The van der Waals surface area contributed by atoms with E-state index in [1.54, 1.807) is 12.1 Å². The summed E-state index contributed by atoms with van der Waals surface area (Å²) in [4.78, 5) is 11.7. The van der Waals surface area contributed by atoms with E-state index in [0.29, 0.717) is 18.8 Å². The molecule has 1 heterocycles. The van der Waals surface area contributed by atoms with Crippen LogP contribution in [0, 0.1) is 11.7 Å². The average molecular weight is 302 g/mol. The van der Waals surface area contributed by atoms with Crippen LogP contribution in [0.25, 0.3) is 0 Å². The molecule has 0 radical (unpaired) electrons. The molecule has 1 aromatic carbocycles. The van der Waals surface area contributed by atoms with Gasteiger partial charge in [0, 0.05) is 23.2 Å². The van der Waals surface area contributed by atoms with Crippen LogP contribution in [-0.4, -0.2) is 19.1 Å². The summed E-state index contributed by atoms with van der Waals surface area (Å²) in [6.07, 6.45) is 0.743. The lowest BCUT2D eigenvalue weighted by molar-refractivity contribution is -0.125. The fraction of sp³-hybridized carbons (Fsp3) is 0.417. The molecule has 0 bridgehead atoms. The van der Waals surface area contributed by atoms with Crippen molar-refractivity contribution >= 4 is 21.8 Å². The smallest absolute Gasteiger partial charge is 0.225 e. The van der Waals surface area contributed by atoms with Crippen molar-refractivity contribution in [2.45, 2.75) is 13.0 Å². The molecule has 1 saturated heterocycles. The van der Waals surface area contributed by atoms with Crippen molar-refractivity contribution in [3.63, 3.8) is 0 Å². The van der Waals surface area contributed by atoms with E-state index in [4.69, 9.17) is 4.74 Å². The highest BCUT2D eigenvalue weighted by atomic mass is 79.9. The Hall–Kier alpha value is -0.940. The zero-order valence-electron chi connectivity index (χ0n) is 9.21. The first-order valence-corrected chi connectivity index (χ1v) is 6.25. The SMILES string of the molecule is O=C(NCc1cc(Br)ccc1F)C1CCOC1. The van der Waals surface area contributed by atoms with Crippen molar-refractivity contribution in [3.05, 3.63) is 34.1 Å². The number of hydrogen-bond acceptors (Lipinski definition) is 2. The van der Waals surface area contributed by atoms with E-state index in [1.807, 2.05) is 0 Å². The highest BCUT2D eigenvalue weighted by Gasteiger charge is 2.23. The van der Waals surface area contributed by atoms with Gasteiger partial charge in [0.05, 0.1) is 12.5 Å². The second kappa shape index (κ2) is 5.60. The molecule has 0 spiro atoms. The number of ether oxygens (including phenoxy) is 1. The minimum Gasteiger partial charge on any atom is -0.381 e. The summed E-state index contributed by atoms with van der Waals surface area (Å²) in [5.41, 5.74) is 0.478. The summed E-state index contributed by atoms with van der Waals surface area (Å²) >= 11 is 3.27. The molecular weight excluding hydrogens is 289 g/mol. The van der Waals surface area contributed by atoms with Gasteiger partial charge >= 0.3 is 0 Å². The lowest BCUT2D eigenvalue weighted by Gasteiger charge is -2.10. The van der Waals surface area contributed by atoms with Gasteiger partial charge in [0.25, 0.3) is 0 Å². The third-order valence-corrected chi connectivity index (χ3v) is 3.25. The highest BCUT2D eigenvalue weighted by molar-refractivity contribution is 9.10. The first-order chi connectivity index (χ1) is 8.16. The first-order valence-electron chi connectivity index (χ1n) is 5.46. The molecule has 0 aliphatic carbocycles.